The molecule has 2 aromatic heterocycles. The minimum absolute atomic E-state index is 0.00144. The molecule has 4 aromatic rings. The maximum absolute atomic E-state index is 12.5. The van der Waals surface area contributed by atoms with E-state index in [1.54, 1.807) is 4.57 Å². The number of hydrogen-bond acceptors (Lipinski definition) is 7. The van der Waals surface area contributed by atoms with Gasteiger partial charge in [-0.3, -0.25) is 14.3 Å². The summed E-state index contributed by atoms with van der Waals surface area (Å²) in [5, 5.41) is 22.2. The smallest absolute Gasteiger partial charge is 0.329 e. The Kier molecular flexibility index (Phi) is 6.12. The molecule has 0 aliphatic heterocycles. The summed E-state index contributed by atoms with van der Waals surface area (Å²) in [6.07, 6.45) is -0.943. The molecule has 1 atom stereocenters. The summed E-state index contributed by atoms with van der Waals surface area (Å²) in [7, 11) is 1.51. The second-order valence-electron chi connectivity index (χ2n) is 7.01. The summed E-state index contributed by atoms with van der Waals surface area (Å²) in [4.78, 5) is 31.0. The molecule has 9 nitrogen and oxygen atoms in total. The maximum Gasteiger partial charge on any atom is 0.329 e. The lowest BCUT2D eigenvalue weighted by atomic mass is 10.1. The van der Waals surface area contributed by atoms with E-state index in [0.717, 1.165) is 10.8 Å². The van der Waals surface area contributed by atoms with Gasteiger partial charge in [0.15, 0.2) is 16.3 Å². The Hall–Kier alpha value is -3.08. The molecular weight excluding hydrogens is 420 g/mol. The number of nitrogens with one attached hydrogen (secondary N) is 1. The van der Waals surface area contributed by atoms with Crippen molar-refractivity contribution in [2.75, 3.05) is 19.0 Å². The summed E-state index contributed by atoms with van der Waals surface area (Å²) in [5.41, 5.74) is -0.743. The fourth-order valence-corrected chi connectivity index (χ4v) is 4.15. The average molecular weight is 442 g/mol. The first-order valence-electron chi connectivity index (χ1n) is 9.71. The van der Waals surface area contributed by atoms with Crippen LogP contribution in [0.15, 0.2) is 57.2 Å². The van der Waals surface area contributed by atoms with Crippen molar-refractivity contribution in [3.05, 3.63) is 63.3 Å². The Balaban J connectivity index is 1.61. The van der Waals surface area contributed by atoms with E-state index in [0.29, 0.717) is 16.7 Å². The quantitative estimate of drug-likeness (QED) is 0.349. The molecule has 0 aliphatic rings. The Labute approximate surface area is 180 Å². The summed E-state index contributed by atoms with van der Waals surface area (Å²) >= 11 is 1.24. The molecule has 31 heavy (non-hydrogen) atoms. The lowest BCUT2D eigenvalue weighted by Gasteiger charge is -2.16. The van der Waals surface area contributed by atoms with E-state index < -0.39 is 17.4 Å². The number of rotatable bonds is 8. The van der Waals surface area contributed by atoms with Crippen molar-refractivity contribution < 1.29 is 14.9 Å². The number of aliphatic hydroxyl groups is 2. The van der Waals surface area contributed by atoms with Gasteiger partial charge in [0.05, 0.1) is 13.2 Å². The van der Waals surface area contributed by atoms with Crippen molar-refractivity contribution in [1.82, 2.24) is 19.1 Å². The fourth-order valence-electron chi connectivity index (χ4n) is 3.40. The van der Waals surface area contributed by atoms with Crippen LogP contribution in [0, 0.1) is 0 Å². The number of aromatic nitrogens is 4. The molecular formula is C21H22N4O5S. The van der Waals surface area contributed by atoms with Gasteiger partial charge in [-0.15, -0.1) is 0 Å². The Morgan fingerprint density at radius 3 is 2.77 bits per heavy atom. The molecule has 162 valence electrons. The van der Waals surface area contributed by atoms with Gasteiger partial charge in [-0.1, -0.05) is 48.2 Å². The molecule has 2 aromatic carbocycles. The van der Waals surface area contributed by atoms with Crippen LogP contribution in [0.4, 0.5) is 0 Å². The number of H-pyrrole nitrogens is 1. The number of aliphatic hydroxyl groups excluding tert-OH is 2. The van der Waals surface area contributed by atoms with Crippen molar-refractivity contribution in [2.24, 2.45) is 7.05 Å². The van der Waals surface area contributed by atoms with Crippen molar-refractivity contribution >= 4 is 33.7 Å². The summed E-state index contributed by atoms with van der Waals surface area (Å²) < 4.78 is 8.67. The highest BCUT2D eigenvalue weighted by Gasteiger charge is 2.20. The van der Waals surface area contributed by atoms with E-state index in [1.165, 1.54) is 23.4 Å². The molecule has 0 bridgehead atoms. The van der Waals surface area contributed by atoms with Crippen molar-refractivity contribution in [2.45, 2.75) is 17.8 Å². The van der Waals surface area contributed by atoms with E-state index in [-0.39, 0.29) is 30.9 Å². The van der Waals surface area contributed by atoms with Gasteiger partial charge in [-0.25, -0.2) is 9.78 Å². The first-order valence-corrected chi connectivity index (χ1v) is 10.7. The first-order chi connectivity index (χ1) is 15.0. The van der Waals surface area contributed by atoms with Crippen LogP contribution in [0.2, 0.25) is 0 Å². The zero-order valence-corrected chi connectivity index (χ0v) is 17.6. The second-order valence-corrected chi connectivity index (χ2v) is 8.07. The molecule has 0 radical (unpaired) electrons. The summed E-state index contributed by atoms with van der Waals surface area (Å²) in [6, 6.07) is 13.5. The van der Waals surface area contributed by atoms with Gasteiger partial charge in [0, 0.05) is 18.2 Å². The Morgan fingerprint density at radius 1 is 1.19 bits per heavy atom. The highest BCUT2D eigenvalue weighted by molar-refractivity contribution is 7.99. The fraction of sp³-hybridized carbons (Fsp3) is 0.286. The van der Waals surface area contributed by atoms with E-state index in [4.69, 9.17) is 4.74 Å². The topological polar surface area (TPSA) is 122 Å². The highest BCUT2D eigenvalue weighted by atomic mass is 32.2. The second kappa shape index (κ2) is 8.96. The Bertz CT molecular complexity index is 1340. The minimum atomic E-state index is -0.943. The number of benzene rings is 2. The SMILES string of the molecule is Cn1c(=O)[nH]c(=O)c2c1nc(SCCO)n2C[C@H](O)COc1cccc2ccccc12. The van der Waals surface area contributed by atoms with E-state index >= 15 is 0 Å². The lowest BCUT2D eigenvalue weighted by molar-refractivity contribution is 0.0921. The third-order valence-corrected chi connectivity index (χ3v) is 5.83. The van der Waals surface area contributed by atoms with Crippen LogP contribution in [0.5, 0.6) is 5.75 Å². The van der Waals surface area contributed by atoms with Gasteiger partial charge >= 0.3 is 5.69 Å². The molecule has 0 fully saturated rings. The molecule has 4 rings (SSSR count). The van der Waals surface area contributed by atoms with Crippen LogP contribution >= 0.6 is 11.8 Å². The summed E-state index contributed by atoms with van der Waals surface area (Å²) in [5.74, 6) is 1.01. The number of aromatic amines is 1. The monoisotopic (exact) mass is 442 g/mol. The van der Waals surface area contributed by atoms with Crippen LogP contribution in [-0.4, -0.2) is 54.4 Å². The molecule has 2 heterocycles. The number of nitrogens with zero attached hydrogens (tertiary/aromatic N) is 3. The number of ether oxygens (including phenoxy) is 1. The molecule has 10 heteroatoms. The average Bonchev–Trinajstić information content (AvgIpc) is 3.13. The third-order valence-electron chi connectivity index (χ3n) is 4.87. The lowest BCUT2D eigenvalue weighted by Crippen LogP contribution is -2.30. The van der Waals surface area contributed by atoms with Gasteiger partial charge in [0.2, 0.25) is 0 Å². The number of fused-ring (bicyclic) bond motifs is 2. The highest BCUT2D eigenvalue weighted by Crippen LogP contribution is 2.26. The molecule has 0 aliphatic carbocycles. The zero-order chi connectivity index (χ0) is 22.0. The summed E-state index contributed by atoms with van der Waals surface area (Å²) in [6.45, 7) is -0.0341. The van der Waals surface area contributed by atoms with E-state index in [1.807, 2.05) is 42.5 Å². The van der Waals surface area contributed by atoms with Gasteiger partial charge < -0.3 is 19.5 Å². The minimum Gasteiger partial charge on any atom is -0.490 e. The molecule has 0 spiro atoms. The molecule has 3 N–H and O–H groups in total. The molecule has 0 unspecified atom stereocenters. The zero-order valence-electron chi connectivity index (χ0n) is 16.8. The van der Waals surface area contributed by atoms with Gasteiger partial charge in [0.1, 0.15) is 18.5 Å². The first kappa shape index (κ1) is 21.2. The van der Waals surface area contributed by atoms with Crippen molar-refractivity contribution in [1.29, 1.82) is 0 Å². The predicted octanol–water partition coefficient (Wildman–Crippen LogP) is 1.10. The largest absolute Gasteiger partial charge is 0.490 e. The van der Waals surface area contributed by atoms with Crippen LogP contribution in [0.1, 0.15) is 0 Å². The maximum atomic E-state index is 12.5. The number of hydrogen-bond donors (Lipinski definition) is 3. The van der Waals surface area contributed by atoms with Gasteiger partial charge in [-0.05, 0) is 11.5 Å². The van der Waals surface area contributed by atoms with E-state index in [9.17, 15) is 19.8 Å². The van der Waals surface area contributed by atoms with Crippen LogP contribution in [0.3, 0.4) is 0 Å². The molecule has 0 amide bonds. The van der Waals surface area contributed by atoms with Crippen LogP contribution in [0.25, 0.3) is 21.9 Å². The number of thioether (sulfide) groups is 1. The standard InChI is InChI=1S/C21H22N4O5S/c1-24-18-17(19(28)23-20(24)29)25(21(22-18)31-10-9-26)11-14(27)12-30-16-8-4-6-13-5-2-3-7-15(13)16/h2-8,14,26-27H,9-12H2,1H3,(H,23,28,29)/t14-/m0/s1. The van der Waals surface area contributed by atoms with Gasteiger partial charge in [-0.2, -0.15) is 0 Å². The van der Waals surface area contributed by atoms with Crippen LogP contribution < -0.4 is 16.0 Å². The molecule has 0 saturated heterocycles. The van der Waals surface area contributed by atoms with Crippen molar-refractivity contribution in [3.8, 4) is 5.75 Å². The predicted molar refractivity (Wildman–Crippen MR) is 119 cm³/mol. The van der Waals surface area contributed by atoms with Gasteiger partial charge in [0.25, 0.3) is 5.56 Å². The number of aryl methyl sites for hydroxylation is 1. The van der Waals surface area contributed by atoms with Crippen molar-refractivity contribution in [3.63, 3.8) is 0 Å². The normalized spacial score (nSPS) is 12.5. The number of imidazole rings is 1. The third kappa shape index (κ3) is 4.22. The molecule has 0 saturated carbocycles. The van der Waals surface area contributed by atoms with E-state index in [2.05, 4.69) is 9.97 Å². The Morgan fingerprint density at radius 2 is 1.97 bits per heavy atom. The van der Waals surface area contributed by atoms with Crippen LogP contribution in [-0.2, 0) is 13.6 Å².